The fourth-order valence-corrected chi connectivity index (χ4v) is 3.70. The average molecular weight is 378 g/mol. The largest absolute Gasteiger partial charge is 0.439 e. The van der Waals surface area contributed by atoms with Gasteiger partial charge in [0.1, 0.15) is 5.75 Å². The maximum Gasteiger partial charge on any atom is 0.220 e. The minimum absolute atomic E-state index is 0.557. The molecule has 0 atom stereocenters. The first-order chi connectivity index (χ1) is 12.8. The molecule has 130 valence electrons. The van der Waals surface area contributed by atoms with Crippen molar-refractivity contribution in [3.05, 3.63) is 102 Å². The Morgan fingerprint density at radius 1 is 0.846 bits per heavy atom. The van der Waals surface area contributed by atoms with E-state index in [-0.39, 0.29) is 0 Å². The van der Waals surface area contributed by atoms with E-state index < -0.39 is 0 Å². The summed E-state index contributed by atoms with van der Waals surface area (Å²) in [4.78, 5) is 5.84. The molecule has 0 heterocycles. The molecule has 26 heavy (non-hydrogen) atoms. The van der Waals surface area contributed by atoms with Gasteiger partial charge in [-0.2, -0.15) is 0 Å². The van der Waals surface area contributed by atoms with Gasteiger partial charge in [-0.1, -0.05) is 75.7 Å². The lowest BCUT2D eigenvalue weighted by atomic mass is 10.2. The van der Waals surface area contributed by atoms with E-state index in [1.165, 1.54) is 10.5 Å². The molecule has 3 aromatic carbocycles. The van der Waals surface area contributed by atoms with E-state index >= 15 is 0 Å². The highest BCUT2D eigenvalue weighted by molar-refractivity contribution is 8.77. The number of ether oxygens (including phenoxy) is 1. The Balaban J connectivity index is 1.71. The lowest BCUT2D eigenvalue weighted by Crippen LogP contribution is -2.04. The molecule has 0 radical (unpaired) electrons. The van der Waals surface area contributed by atoms with Crippen LogP contribution in [0.1, 0.15) is 5.56 Å². The predicted molar refractivity (Wildman–Crippen MR) is 114 cm³/mol. The molecule has 3 rings (SSSR count). The van der Waals surface area contributed by atoms with Crippen molar-refractivity contribution in [1.29, 1.82) is 0 Å². The van der Waals surface area contributed by atoms with Gasteiger partial charge in [-0.3, -0.25) is 0 Å². The van der Waals surface area contributed by atoms with Crippen molar-refractivity contribution in [3.63, 3.8) is 0 Å². The van der Waals surface area contributed by atoms with Crippen molar-refractivity contribution < 1.29 is 4.74 Å². The van der Waals surface area contributed by atoms with Gasteiger partial charge < -0.3 is 4.74 Å². The molecule has 0 amide bonds. The second-order valence-electron chi connectivity index (χ2n) is 5.50. The van der Waals surface area contributed by atoms with Gasteiger partial charge >= 0.3 is 0 Å². The van der Waals surface area contributed by atoms with Crippen LogP contribution in [-0.2, 0) is 0 Å². The van der Waals surface area contributed by atoms with Crippen molar-refractivity contribution in [2.24, 2.45) is 4.99 Å². The van der Waals surface area contributed by atoms with E-state index in [0.29, 0.717) is 5.90 Å². The van der Waals surface area contributed by atoms with Crippen molar-refractivity contribution in [2.75, 3.05) is 0 Å². The van der Waals surface area contributed by atoms with Crippen LogP contribution < -0.4 is 4.74 Å². The normalized spacial score (nSPS) is 11.7. The van der Waals surface area contributed by atoms with E-state index in [2.05, 4.69) is 24.0 Å². The maximum atomic E-state index is 5.94. The molecule has 0 N–H and O–H groups in total. The predicted octanol–water partition coefficient (Wildman–Crippen LogP) is 7.06. The molecule has 2 nitrogen and oxygen atoms in total. The molecule has 0 saturated heterocycles. The zero-order valence-electron chi connectivity index (χ0n) is 14.4. The van der Waals surface area contributed by atoms with Crippen LogP contribution in [0.4, 0.5) is 5.69 Å². The van der Waals surface area contributed by atoms with E-state index in [4.69, 9.17) is 4.74 Å². The smallest absolute Gasteiger partial charge is 0.220 e. The summed E-state index contributed by atoms with van der Waals surface area (Å²) >= 11 is 0. The van der Waals surface area contributed by atoms with E-state index in [9.17, 15) is 0 Å². The fourth-order valence-electron chi connectivity index (χ4n) is 2.10. The molecule has 0 bridgehead atoms. The molecule has 0 aliphatic carbocycles. The Hall–Kier alpha value is -2.43. The summed E-state index contributed by atoms with van der Waals surface area (Å²) in [6, 6.07) is 28.0. The highest BCUT2D eigenvalue weighted by Crippen LogP contribution is 2.31. The van der Waals surface area contributed by atoms with E-state index in [0.717, 1.165) is 11.4 Å². The molecule has 0 aliphatic rings. The van der Waals surface area contributed by atoms with Gasteiger partial charge in [0.15, 0.2) is 0 Å². The number of hydrogen-bond acceptors (Lipinski definition) is 4. The van der Waals surface area contributed by atoms with Crippen molar-refractivity contribution >= 4 is 33.2 Å². The van der Waals surface area contributed by atoms with Crippen LogP contribution in [0.25, 0.3) is 0 Å². The number of benzene rings is 3. The second kappa shape index (κ2) is 9.90. The summed E-state index contributed by atoms with van der Waals surface area (Å²) in [5, 5.41) is 1.99. The van der Waals surface area contributed by atoms with Crippen LogP contribution >= 0.6 is 21.6 Å². The van der Waals surface area contributed by atoms with Gasteiger partial charge in [0.2, 0.25) is 5.90 Å². The van der Waals surface area contributed by atoms with Gasteiger partial charge in [-0.05, 0) is 48.7 Å². The third kappa shape index (κ3) is 6.14. The van der Waals surface area contributed by atoms with Crippen molar-refractivity contribution in [3.8, 4) is 5.75 Å². The first-order valence-corrected chi connectivity index (χ1v) is 10.4. The number of aryl methyl sites for hydroxylation is 1. The Morgan fingerprint density at radius 2 is 1.50 bits per heavy atom. The van der Waals surface area contributed by atoms with Gasteiger partial charge in [-0.15, -0.1) is 0 Å². The Labute approximate surface area is 162 Å². The van der Waals surface area contributed by atoms with Crippen molar-refractivity contribution in [2.45, 2.75) is 11.8 Å². The maximum absolute atomic E-state index is 5.94. The minimum atomic E-state index is 0.557. The molecule has 0 saturated carbocycles. The third-order valence-corrected chi connectivity index (χ3v) is 5.40. The van der Waals surface area contributed by atoms with Crippen LogP contribution in [0, 0.1) is 6.92 Å². The fraction of sp³-hybridized carbons (Fsp3) is 0.0455. The number of hydrogen-bond donors (Lipinski definition) is 0. The molecule has 0 aromatic heterocycles. The van der Waals surface area contributed by atoms with Crippen LogP contribution in [0.5, 0.6) is 5.75 Å². The summed E-state index contributed by atoms with van der Waals surface area (Å²) in [7, 11) is 3.33. The molecule has 0 fully saturated rings. The zero-order chi connectivity index (χ0) is 18.0. The minimum Gasteiger partial charge on any atom is -0.439 e. The third-order valence-electron chi connectivity index (χ3n) is 3.39. The van der Waals surface area contributed by atoms with E-state index in [1.54, 1.807) is 21.6 Å². The Bertz CT molecular complexity index is 860. The molecule has 4 heteroatoms. The average Bonchev–Trinajstić information content (AvgIpc) is 2.68. The lowest BCUT2D eigenvalue weighted by Gasteiger charge is -2.06. The molecule has 0 spiro atoms. The highest BCUT2D eigenvalue weighted by atomic mass is 33.1. The standard InChI is InChI=1S/C22H19NOS2/c1-18-12-14-19(15-13-18)23-22(24-20-8-4-2-5-9-20)16-17-25-26-21-10-6-3-7-11-21/h2-17H,1H3/b17-16+,23-22-. The topological polar surface area (TPSA) is 21.6 Å². The van der Waals surface area contributed by atoms with Crippen LogP contribution in [0.3, 0.4) is 0 Å². The zero-order valence-corrected chi connectivity index (χ0v) is 16.0. The molecular formula is C22H19NOS2. The molecular weight excluding hydrogens is 358 g/mol. The summed E-state index contributed by atoms with van der Waals surface area (Å²) in [5.74, 6) is 1.32. The quantitative estimate of drug-likeness (QED) is 0.261. The van der Waals surface area contributed by atoms with Crippen LogP contribution in [0.2, 0.25) is 0 Å². The monoisotopic (exact) mass is 377 g/mol. The first-order valence-electron chi connectivity index (χ1n) is 8.23. The number of rotatable bonds is 6. The highest BCUT2D eigenvalue weighted by Gasteiger charge is 2.00. The lowest BCUT2D eigenvalue weighted by molar-refractivity contribution is 0.556. The molecule has 0 aliphatic heterocycles. The summed E-state index contributed by atoms with van der Waals surface area (Å²) < 4.78 is 5.94. The molecule has 3 aromatic rings. The second-order valence-corrected chi connectivity index (χ2v) is 7.68. The first kappa shape index (κ1) is 18.4. The van der Waals surface area contributed by atoms with Crippen molar-refractivity contribution in [1.82, 2.24) is 0 Å². The SMILES string of the molecule is Cc1ccc(/N=C(/C=C/SSc2ccccc2)Oc2ccccc2)cc1. The Kier molecular flexibility index (Phi) is 6.99. The van der Waals surface area contributed by atoms with Gasteiger partial charge in [0.25, 0.3) is 0 Å². The number of para-hydroxylation sites is 1. The Morgan fingerprint density at radius 3 is 2.19 bits per heavy atom. The van der Waals surface area contributed by atoms with Crippen LogP contribution in [-0.4, -0.2) is 5.90 Å². The number of aliphatic imine (C=N–C) groups is 1. The summed E-state index contributed by atoms with van der Waals surface area (Å²) in [6.07, 6.45) is 1.90. The van der Waals surface area contributed by atoms with Gasteiger partial charge in [0.05, 0.1) is 5.69 Å². The van der Waals surface area contributed by atoms with E-state index in [1.807, 2.05) is 84.3 Å². The van der Waals surface area contributed by atoms with Gasteiger partial charge in [0, 0.05) is 11.0 Å². The van der Waals surface area contributed by atoms with Gasteiger partial charge in [-0.25, -0.2) is 4.99 Å². The molecule has 0 unspecified atom stereocenters. The summed E-state index contributed by atoms with van der Waals surface area (Å²) in [6.45, 7) is 2.06. The van der Waals surface area contributed by atoms with Crippen LogP contribution in [0.15, 0.2) is 106 Å². The number of nitrogens with zero attached hydrogens (tertiary/aromatic N) is 1. The summed E-state index contributed by atoms with van der Waals surface area (Å²) in [5.41, 5.74) is 2.08.